The molecule has 0 spiro atoms. The van der Waals surface area contributed by atoms with Crippen molar-refractivity contribution in [3.05, 3.63) is 36.7 Å². The van der Waals surface area contributed by atoms with Gasteiger partial charge in [0.15, 0.2) is 0 Å². The van der Waals surface area contributed by atoms with E-state index in [4.69, 9.17) is 10.8 Å². The van der Waals surface area contributed by atoms with Crippen LogP contribution in [0.15, 0.2) is 36.7 Å². The monoisotopic (exact) mass is 168 g/mol. The number of carbonyl (C=O) groups is 1. The Morgan fingerprint density at radius 3 is 2.58 bits per heavy atom. The molecule has 0 fully saturated rings. The van der Waals surface area contributed by atoms with Gasteiger partial charge in [-0.3, -0.25) is 4.79 Å². The molecular formula is C8H12N2O2. The van der Waals surface area contributed by atoms with E-state index < -0.39 is 12.5 Å². The van der Waals surface area contributed by atoms with Crippen LogP contribution < -0.4 is 11.1 Å². The zero-order chi connectivity index (χ0) is 9.56. The van der Waals surface area contributed by atoms with Crippen molar-refractivity contribution >= 4 is 5.91 Å². The van der Waals surface area contributed by atoms with Gasteiger partial charge >= 0.3 is 0 Å². The summed E-state index contributed by atoms with van der Waals surface area (Å²) >= 11 is 0. The highest BCUT2D eigenvalue weighted by Gasteiger charge is 2.02. The lowest BCUT2D eigenvalue weighted by Gasteiger charge is -2.06. The Balaban J connectivity index is 4.34. The highest BCUT2D eigenvalue weighted by atomic mass is 16.3. The van der Waals surface area contributed by atoms with Crippen molar-refractivity contribution in [2.45, 2.75) is 0 Å². The highest BCUT2D eigenvalue weighted by Crippen LogP contribution is 1.96. The van der Waals surface area contributed by atoms with E-state index in [1.165, 1.54) is 12.2 Å². The fourth-order valence-corrected chi connectivity index (χ4v) is 0.537. The van der Waals surface area contributed by atoms with E-state index >= 15 is 0 Å². The van der Waals surface area contributed by atoms with Crippen LogP contribution >= 0.6 is 0 Å². The van der Waals surface area contributed by atoms with Crippen LogP contribution in [0.5, 0.6) is 0 Å². The van der Waals surface area contributed by atoms with Gasteiger partial charge in [0, 0.05) is 5.70 Å². The molecule has 4 nitrogen and oxygen atoms in total. The number of aliphatic hydroxyl groups is 1. The van der Waals surface area contributed by atoms with Crippen LogP contribution in [0.2, 0.25) is 0 Å². The van der Waals surface area contributed by atoms with E-state index in [-0.39, 0.29) is 5.70 Å². The number of hydrogen-bond donors (Lipinski definition) is 3. The molecular weight excluding hydrogens is 156 g/mol. The third-order valence-corrected chi connectivity index (χ3v) is 1.05. The molecule has 66 valence electrons. The quantitative estimate of drug-likeness (QED) is 0.502. The number of aliphatic hydroxyl groups excluding tert-OH is 1. The average molecular weight is 168 g/mol. The summed E-state index contributed by atoms with van der Waals surface area (Å²) in [5.74, 6) is -0.533. The third-order valence-electron chi connectivity index (χ3n) is 1.05. The molecule has 1 amide bonds. The minimum absolute atomic E-state index is 0.219. The first kappa shape index (κ1) is 10.4. The number of rotatable bonds is 4. The zero-order valence-electron chi connectivity index (χ0n) is 6.71. The fourth-order valence-electron chi connectivity index (χ4n) is 0.537. The van der Waals surface area contributed by atoms with Crippen molar-refractivity contribution in [2.75, 3.05) is 6.61 Å². The minimum Gasteiger partial charge on any atom is -0.398 e. The molecule has 0 atom stereocenters. The molecule has 0 unspecified atom stereocenters. The molecule has 12 heavy (non-hydrogen) atoms. The van der Waals surface area contributed by atoms with Crippen LogP contribution in [-0.4, -0.2) is 17.6 Å². The summed E-state index contributed by atoms with van der Waals surface area (Å²) in [6, 6.07) is 0. The number of hydrogen-bond acceptors (Lipinski definition) is 3. The van der Waals surface area contributed by atoms with E-state index in [2.05, 4.69) is 18.5 Å². The average Bonchev–Trinajstić information content (AvgIpc) is 2.03. The maximum absolute atomic E-state index is 10.7. The second-order valence-corrected chi connectivity index (χ2v) is 2.05. The molecule has 0 bridgehead atoms. The Morgan fingerprint density at radius 2 is 2.25 bits per heavy atom. The Bertz CT molecular complexity index is 231. The van der Waals surface area contributed by atoms with Crippen LogP contribution in [0.25, 0.3) is 0 Å². The summed E-state index contributed by atoms with van der Waals surface area (Å²) in [7, 11) is 0. The molecule has 0 radical (unpaired) electrons. The lowest BCUT2D eigenvalue weighted by molar-refractivity contribution is -0.123. The molecule has 4 heteroatoms. The van der Waals surface area contributed by atoms with Gasteiger partial charge in [-0.15, -0.1) is 0 Å². The zero-order valence-corrected chi connectivity index (χ0v) is 6.71. The van der Waals surface area contributed by atoms with Crippen LogP contribution in [0.4, 0.5) is 0 Å². The van der Waals surface area contributed by atoms with E-state index in [1.54, 1.807) is 0 Å². The lowest BCUT2D eigenvalue weighted by atomic mass is 10.3. The maximum Gasteiger partial charge on any atom is 0.250 e. The van der Waals surface area contributed by atoms with Gasteiger partial charge in [-0.05, 0) is 6.08 Å². The Labute approximate surface area is 71.1 Å². The van der Waals surface area contributed by atoms with Gasteiger partial charge < -0.3 is 16.2 Å². The summed E-state index contributed by atoms with van der Waals surface area (Å²) in [6.45, 7) is 6.27. The predicted molar refractivity (Wildman–Crippen MR) is 46.8 cm³/mol. The molecule has 0 aromatic rings. The molecule has 0 rings (SSSR count). The van der Waals surface area contributed by atoms with Gasteiger partial charge in [-0.25, -0.2) is 0 Å². The van der Waals surface area contributed by atoms with Crippen molar-refractivity contribution in [1.82, 2.24) is 5.32 Å². The number of nitrogens with two attached hydrogens (primary N) is 1. The second kappa shape index (κ2) is 5.15. The van der Waals surface area contributed by atoms with Crippen molar-refractivity contribution in [3.8, 4) is 0 Å². The van der Waals surface area contributed by atoms with Gasteiger partial charge in [-0.2, -0.15) is 0 Å². The van der Waals surface area contributed by atoms with Crippen LogP contribution in [0.1, 0.15) is 0 Å². The van der Waals surface area contributed by atoms with Gasteiger partial charge in [0.05, 0.1) is 5.70 Å². The lowest BCUT2D eigenvalue weighted by Crippen LogP contribution is -2.27. The van der Waals surface area contributed by atoms with Crippen LogP contribution in [-0.2, 0) is 4.79 Å². The van der Waals surface area contributed by atoms with Gasteiger partial charge in [0.25, 0.3) is 0 Å². The fraction of sp³-hybridized carbons (Fsp3) is 0.125. The molecule has 0 heterocycles. The largest absolute Gasteiger partial charge is 0.398 e. The number of allylic oxidation sites excluding steroid dienone is 2. The Kier molecular flexibility index (Phi) is 4.48. The normalized spacial score (nSPS) is 10.6. The molecule has 0 aromatic carbocycles. The summed E-state index contributed by atoms with van der Waals surface area (Å²) in [5.41, 5.74) is 5.89. The standard InChI is InChI=1S/C8H12N2O2/c1-3-4-7(6(2)9)10-8(12)5-11/h3-4,11H,1-2,5,9H2,(H,10,12)/b7-4+. The Morgan fingerprint density at radius 1 is 1.67 bits per heavy atom. The van der Waals surface area contributed by atoms with Crippen LogP contribution in [0.3, 0.4) is 0 Å². The topological polar surface area (TPSA) is 75.3 Å². The third kappa shape index (κ3) is 3.58. The molecule has 4 N–H and O–H groups in total. The molecule has 0 aliphatic heterocycles. The van der Waals surface area contributed by atoms with Crippen molar-refractivity contribution in [1.29, 1.82) is 0 Å². The first-order chi connectivity index (χ1) is 5.61. The second-order valence-electron chi connectivity index (χ2n) is 2.05. The number of carbonyl (C=O) groups excluding carboxylic acids is 1. The minimum atomic E-state index is -0.582. The first-order valence-corrected chi connectivity index (χ1v) is 3.30. The molecule has 0 saturated heterocycles. The van der Waals surface area contributed by atoms with E-state index in [0.717, 1.165) is 0 Å². The van der Waals surface area contributed by atoms with Crippen LogP contribution in [0, 0.1) is 0 Å². The van der Waals surface area contributed by atoms with Crippen molar-refractivity contribution in [3.63, 3.8) is 0 Å². The molecule has 0 aliphatic carbocycles. The van der Waals surface area contributed by atoms with Gasteiger partial charge in [-0.1, -0.05) is 19.2 Å². The summed E-state index contributed by atoms with van der Waals surface area (Å²) < 4.78 is 0. The van der Waals surface area contributed by atoms with E-state index in [0.29, 0.717) is 5.70 Å². The molecule has 0 aliphatic rings. The summed E-state index contributed by atoms with van der Waals surface area (Å²) in [6.07, 6.45) is 2.96. The predicted octanol–water partition coefficient (Wildman–Crippen LogP) is -0.363. The number of amides is 1. The van der Waals surface area contributed by atoms with Crippen molar-refractivity contribution < 1.29 is 9.90 Å². The first-order valence-electron chi connectivity index (χ1n) is 3.30. The van der Waals surface area contributed by atoms with E-state index in [9.17, 15) is 4.79 Å². The summed E-state index contributed by atoms with van der Waals surface area (Å²) in [5, 5.41) is 10.7. The van der Waals surface area contributed by atoms with Gasteiger partial charge in [0.1, 0.15) is 6.61 Å². The summed E-state index contributed by atoms with van der Waals surface area (Å²) in [4.78, 5) is 10.7. The SMILES string of the molecule is C=C/C=C(/NC(=O)CO)C(=C)N. The number of nitrogens with one attached hydrogen (secondary N) is 1. The maximum atomic E-state index is 10.7. The van der Waals surface area contributed by atoms with Crippen molar-refractivity contribution in [2.24, 2.45) is 5.73 Å². The highest BCUT2D eigenvalue weighted by molar-refractivity contribution is 5.79. The molecule has 0 aromatic heterocycles. The Hall–Kier alpha value is -1.55. The molecule has 0 saturated carbocycles. The smallest absolute Gasteiger partial charge is 0.250 e. The van der Waals surface area contributed by atoms with E-state index in [1.807, 2.05) is 0 Å². The van der Waals surface area contributed by atoms with Gasteiger partial charge in [0.2, 0.25) is 5.91 Å².